The van der Waals surface area contributed by atoms with Crippen molar-refractivity contribution in [1.29, 1.82) is 0 Å². The number of aliphatic carboxylic acids is 1. The van der Waals surface area contributed by atoms with Crippen molar-refractivity contribution in [2.75, 3.05) is 20.1 Å². The van der Waals surface area contributed by atoms with Crippen LogP contribution in [0.2, 0.25) is 0 Å². The normalized spacial score (nSPS) is 36.5. The van der Waals surface area contributed by atoms with Gasteiger partial charge in [0.15, 0.2) is 0 Å². The molecule has 4 nitrogen and oxygen atoms in total. The number of carbonyl (C=O) groups is 1. The van der Waals surface area contributed by atoms with Crippen LogP contribution in [0, 0.1) is 5.92 Å². The number of carboxylic acids is 1. The van der Waals surface area contributed by atoms with Gasteiger partial charge in [0.1, 0.15) is 5.54 Å². The van der Waals surface area contributed by atoms with E-state index in [4.69, 9.17) is 0 Å². The predicted octanol–water partition coefficient (Wildman–Crippen LogP) is 2.48. The van der Waals surface area contributed by atoms with Crippen molar-refractivity contribution in [1.82, 2.24) is 10.2 Å². The summed E-state index contributed by atoms with van der Waals surface area (Å²) in [5.41, 5.74) is -0.695. The fraction of sp³-hybridized carbons (Fsp3) is 0.938. The average Bonchev–Trinajstić information content (AvgIpc) is 2.72. The van der Waals surface area contributed by atoms with Gasteiger partial charge in [-0.15, -0.1) is 0 Å². The zero-order valence-electron chi connectivity index (χ0n) is 13.0. The van der Waals surface area contributed by atoms with Gasteiger partial charge in [0.2, 0.25) is 0 Å². The zero-order valence-corrected chi connectivity index (χ0v) is 13.0. The first-order valence-electron chi connectivity index (χ1n) is 8.27. The van der Waals surface area contributed by atoms with Gasteiger partial charge in [0.05, 0.1) is 0 Å². The van der Waals surface area contributed by atoms with Crippen molar-refractivity contribution in [3.05, 3.63) is 0 Å². The fourth-order valence-electron chi connectivity index (χ4n) is 4.05. The third kappa shape index (κ3) is 3.34. The second-order valence-electron chi connectivity index (χ2n) is 6.63. The lowest BCUT2D eigenvalue weighted by atomic mass is 9.78. The molecule has 0 spiro atoms. The molecule has 2 aliphatic rings. The van der Waals surface area contributed by atoms with Crippen molar-refractivity contribution in [2.24, 2.45) is 5.92 Å². The minimum absolute atomic E-state index is 0.447. The number of likely N-dealkylation sites (N-methyl/N-ethyl adjacent to an activating group) is 1. The molecule has 1 saturated heterocycles. The number of nitrogens with one attached hydrogen (secondary N) is 1. The van der Waals surface area contributed by atoms with E-state index in [0.717, 1.165) is 44.7 Å². The van der Waals surface area contributed by atoms with Crippen LogP contribution in [0.15, 0.2) is 0 Å². The molecule has 3 unspecified atom stereocenters. The highest BCUT2D eigenvalue weighted by Crippen LogP contribution is 2.33. The van der Waals surface area contributed by atoms with Gasteiger partial charge >= 0.3 is 5.97 Å². The van der Waals surface area contributed by atoms with E-state index in [1.807, 2.05) is 0 Å². The number of nitrogens with zero attached hydrogens (tertiary/aromatic N) is 1. The quantitative estimate of drug-likeness (QED) is 0.832. The van der Waals surface area contributed by atoms with E-state index in [1.165, 1.54) is 25.7 Å². The third-order valence-electron chi connectivity index (χ3n) is 5.59. The first kappa shape index (κ1) is 15.8. The molecule has 0 aromatic heterocycles. The molecule has 2 N–H and O–H groups in total. The van der Waals surface area contributed by atoms with E-state index in [1.54, 1.807) is 7.05 Å². The SMILES string of the molecule is CCC1CCCN(C2CCCC(NC)(C(=O)O)C2)CC1. The second kappa shape index (κ2) is 6.90. The van der Waals surface area contributed by atoms with E-state index >= 15 is 0 Å². The van der Waals surface area contributed by atoms with Gasteiger partial charge in [-0.05, 0) is 71.0 Å². The molecule has 1 aliphatic carbocycles. The first-order valence-corrected chi connectivity index (χ1v) is 8.27. The van der Waals surface area contributed by atoms with Crippen LogP contribution in [0.5, 0.6) is 0 Å². The molecule has 2 rings (SSSR count). The molecule has 2 fully saturated rings. The van der Waals surface area contributed by atoms with Crippen LogP contribution < -0.4 is 5.32 Å². The Labute approximate surface area is 122 Å². The number of hydrogen-bond acceptors (Lipinski definition) is 3. The lowest BCUT2D eigenvalue weighted by molar-refractivity contribution is -0.147. The zero-order chi connectivity index (χ0) is 14.6. The topological polar surface area (TPSA) is 52.6 Å². The molecule has 1 saturated carbocycles. The summed E-state index contributed by atoms with van der Waals surface area (Å²) in [7, 11) is 1.80. The lowest BCUT2D eigenvalue weighted by Gasteiger charge is -2.42. The average molecular weight is 282 g/mol. The van der Waals surface area contributed by atoms with Crippen molar-refractivity contribution >= 4 is 5.97 Å². The first-order chi connectivity index (χ1) is 9.61. The summed E-state index contributed by atoms with van der Waals surface area (Å²) in [5, 5.41) is 12.7. The van der Waals surface area contributed by atoms with Crippen molar-refractivity contribution < 1.29 is 9.90 Å². The molecule has 0 amide bonds. The van der Waals surface area contributed by atoms with Gasteiger partial charge in [-0.1, -0.05) is 13.3 Å². The smallest absolute Gasteiger partial charge is 0.323 e. The molecule has 4 heteroatoms. The van der Waals surface area contributed by atoms with E-state index in [9.17, 15) is 9.90 Å². The van der Waals surface area contributed by atoms with Gasteiger partial charge in [-0.2, -0.15) is 0 Å². The summed E-state index contributed by atoms with van der Waals surface area (Å²) in [6.07, 6.45) is 8.89. The number of likely N-dealkylation sites (tertiary alicyclic amines) is 1. The van der Waals surface area contributed by atoms with Crippen LogP contribution in [-0.4, -0.2) is 47.7 Å². The van der Waals surface area contributed by atoms with Crippen molar-refractivity contribution in [3.8, 4) is 0 Å². The Balaban J connectivity index is 1.99. The highest BCUT2D eigenvalue weighted by molar-refractivity contribution is 5.79. The van der Waals surface area contributed by atoms with Gasteiger partial charge in [0.25, 0.3) is 0 Å². The number of rotatable bonds is 4. The summed E-state index contributed by atoms with van der Waals surface area (Å²) < 4.78 is 0. The van der Waals surface area contributed by atoms with Gasteiger partial charge in [-0.3, -0.25) is 4.79 Å². The third-order valence-corrected chi connectivity index (χ3v) is 5.59. The minimum Gasteiger partial charge on any atom is -0.480 e. The Morgan fingerprint density at radius 2 is 2.10 bits per heavy atom. The summed E-state index contributed by atoms with van der Waals surface area (Å²) in [4.78, 5) is 14.2. The molecule has 0 bridgehead atoms. The predicted molar refractivity (Wildman–Crippen MR) is 80.9 cm³/mol. The summed E-state index contributed by atoms with van der Waals surface area (Å²) in [6.45, 7) is 4.60. The standard InChI is InChI=1S/C16H30N2O2/c1-3-13-6-5-10-18(11-8-13)14-7-4-9-16(12-14,17-2)15(19)20/h13-14,17H,3-12H2,1-2H3,(H,19,20). The molecular formula is C16H30N2O2. The van der Waals surface area contributed by atoms with E-state index in [0.29, 0.717) is 6.04 Å². The lowest BCUT2D eigenvalue weighted by Crippen LogP contribution is -2.57. The van der Waals surface area contributed by atoms with Crippen LogP contribution in [0.25, 0.3) is 0 Å². The van der Waals surface area contributed by atoms with Crippen molar-refractivity contribution in [3.63, 3.8) is 0 Å². The molecule has 3 atom stereocenters. The molecule has 0 aromatic rings. The van der Waals surface area contributed by atoms with Gasteiger partial charge in [0, 0.05) is 6.04 Å². The van der Waals surface area contributed by atoms with E-state index < -0.39 is 11.5 Å². The summed E-state index contributed by atoms with van der Waals surface area (Å²) in [6, 6.07) is 0.447. The Kier molecular flexibility index (Phi) is 5.44. The van der Waals surface area contributed by atoms with Crippen LogP contribution in [-0.2, 0) is 4.79 Å². The molecule has 1 aliphatic heterocycles. The maximum absolute atomic E-state index is 11.6. The molecule has 116 valence electrons. The highest BCUT2D eigenvalue weighted by Gasteiger charge is 2.43. The molecule has 1 heterocycles. The largest absolute Gasteiger partial charge is 0.480 e. The molecular weight excluding hydrogens is 252 g/mol. The number of hydrogen-bond donors (Lipinski definition) is 2. The van der Waals surface area contributed by atoms with Gasteiger partial charge in [-0.25, -0.2) is 0 Å². The van der Waals surface area contributed by atoms with Crippen LogP contribution in [0.1, 0.15) is 58.3 Å². The Morgan fingerprint density at radius 3 is 2.75 bits per heavy atom. The van der Waals surface area contributed by atoms with E-state index in [2.05, 4.69) is 17.1 Å². The Morgan fingerprint density at radius 1 is 1.30 bits per heavy atom. The maximum atomic E-state index is 11.6. The monoisotopic (exact) mass is 282 g/mol. The molecule has 0 radical (unpaired) electrons. The van der Waals surface area contributed by atoms with E-state index in [-0.39, 0.29) is 0 Å². The second-order valence-corrected chi connectivity index (χ2v) is 6.63. The maximum Gasteiger partial charge on any atom is 0.323 e. The fourth-order valence-corrected chi connectivity index (χ4v) is 4.05. The minimum atomic E-state index is -0.695. The molecule has 20 heavy (non-hydrogen) atoms. The Hall–Kier alpha value is -0.610. The van der Waals surface area contributed by atoms with Crippen LogP contribution >= 0.6 is 0 Å². The summed E-state index contributed by atoms with van der Waals surface area (Å²) >= 11 is 0. The van der Waals surface area contributed by atoms with Crippen LogP contribution in [0.4, 0.5) is 0 Å². The molecule has 0 aromatic carbocycles. The number of carboxylic acid groups (broad SMARTS) is 1. The van der Waals surface area contributed by atoms with Crippen LogP contribution in [0.3, 0.4) is 0 Å². The van der Waals surface area contributed by atoms with Crippen molar-refractivity contribution in [2.45, 2.75) is 69.9 Å². The highest BCUT2D eigenvalue weighted by atomic mass is 16.4. The summed E-state index contributed by atoms with van der Waals surface area (Å²) in [5.74, 6) is 0.197. The Bertz CT molecular complexity index is 334. The van der Waals surface area contributed by atoms with Gasteiger partial charge < -0.3 is 15.3 Å².